The van der Waals surface area contributed by atoms with Crippen LogP contribution in [0.15, 0.2) is 54.2 Å². The van der Waals surface area contributed by atoms with Gasteiger partial charge in [-0.25, -0.2) is 14.6 Å². The number of aromatic nitrogens is 2. The summed E-state index contributed by atoms with van der Waals surface area (Å²) in [6.45, 7) is 1.27. The summed E-state index contributed by atoms with van der Waals surface area (Å²) in [4.78, 5) is 34.0. The number of hydrogen-bond acceptors (Lipinski definition) is 5. The highest BCUT2D eigenvalue weighted by Gasteiger charge is 2.20. The molecule has 27 heavy (non-hydrogen) atoms. The van der Waals surface area contributed by atoms with E-state index in [0.717, 1.165) is 16.9 Å². The zero-order chi connectivity index (χ0) is 18.6. The molecule has 136 valence electrons. The molecule has 0 saturated carbocycles. The summed E-state index contributed by atoms with van der Waals surface area (Å²) in [5.41, 5.74) is 3.07. The number of benzene rings is 1. The lowest BCUT2D eigenvalue weighted by molar-refractivity contribution is 0.252. The number of nitrogens with zero attached hydrogens (tertiary/aromatic N) is 3. The maximum atomic E-state index is 12.2. The van der Waals surface area contributed by atoms with Gasteiger partial charge in [-0.1, -0.05) is 0 Å². The molecule has 8 nitrogen and oxygen atoms in total. The monoisotopic (exact) mass is 380 g/mol. The van der Waals surface area contributed by atoms with E-state index in [4.69, 9.17) is 0 Å². The summed E-state index contributed by atoms with van der Waals surface area (Å²) in [6, 6.07) is 10.4. The first-order chi connectivity index (χ1) is 13.2. The van der Waals surface area contributed by atoms with Crippen LogP contribution in [0.4, 0.5) is 26.1 Å². The van der Waals surface area contributed by atoms with Crippen LogP contribution in [0.1, 0.15) is 0 Å². The van der Waals surface area contributed by atoms with Gasteiger partial charge >= 0.3 is 12.1 Å². The fourth-order valence-electron chi connectivity index (χ4n) is 2.68. The smallest absolute Gasteiger partial charge is 0.325 e. The summed E-state index contributed by atoms with van der Waals surface area (Å²) >= 11 is 1.34. The molecule has 0 unspecified atom stereocenters. The van der Waals surface area contributed by atoms with Crippen molar-refractivity contribution in [3.8, 4) is 11.3 Å². The van der Waals surface area contributed by atoms with E-state index in [-0.39, 0.29) is 12.1 Å². The van der Waals surface area contributed by atoms with Gasteiger partial charge in [-0.3, -0.25) is 15.2 Å². The van der Waals surface area contributed by atoms with Crippen LogP contribution in [-0.2, 0) is 0 Å². The molecule has 0 bridgehead atoms. The zero-order valence-electron chi connectivity index (χ0n) is 14.2. The normalized spacial score (nSPS) is 13.3. The van der Waals surface area contributed by atoms with Gasteiger partial charge in [-0.2, -0.15) is 0 Å². The Morgan fingerprint density at radius 2 is 2.04 bits per heavy atom. The van der Waals surface area contributed by atoms with Gasteiger partial charge in [-0.05, 0) is 36.4 Å². The number of thiazole rings is 1. The zero-order valence-corrected chi connectivity index (χ0v) is 15.0. The fourth-order valence-corrected chi connectivity index (χ4v) is 3.39. The van der Waals surface area contributed by atoms with Crippen LogP contribution in [0.5, 0.6) is 0 Å². The number of amides is 4. The third kappa shape index (κ3) is 3.87. The lowest BCUT2D eigenvalue weighted by Gasteiger charge is -2.14. The lowest BCUT2D eigenvalue weighted by Crippen LogP contribution is -2.27. The van der Waals surface area contributed by atoms with E-state index in [0.29, 0.717) is 23.9 Å². The molecule has 1 saturated heterocycles. The van der Waals surface area contributed by atoms with E-state index < -0.39 is 0 Å². The maximum Gasteiger partial charge on any atom is 0.325 e. The number of anilines is 3. The predicted molar refractivity (Wildman–Crippen MR) is 105 cm³/mol. The van der Waals surface area contributed by atoms with Crippen molar-refractivity contribution in [1.82, 2.24) is 15.3 Å². The third-order valence-electron chi connectivity index (χ3n) is 3.98. The fraction of sp³-hybridized carbons (Fsp3) is 0.111. The van der Waals surface area contributed by atoms with Crippen LogP contribution >= 0.6 is 11.3 Å². The van der Waals surface area contributed by atoms with Crippen LogP contribution in [0.3, 0.4) is 0 Å². The second kappa shape index (κ2) is 7.42. The first-order valence-corrected chi connectivity index (χ1v) is 9.16. The average Bonchev–Trinajstić information content (AvgIpc) is 3.32. The van der Waals surface area contributed by atoms with Crippen molar-refractivity contribution in [2.75, 3.05) is 28.6 Å². The van der Waals surface area contributed by atoms with Crippen LogP contribution < -0.4 is 20.9 Å². The number of carbonyl (C=O) groups excluding carboxylic acids is 2. The van der Waals surface area contributed by atoms with Crippen molar-refractivity contribution in [3.63, 3.8) is 0 Å². The minimum atomic E-state index is -0.381. The number of nitrogens with one attached hydrogen (secondary N) is 3. The molecule has 1 aliphatic heterocycles. The van der Waals surface area contributed by atoms with E-state index in [2.05, 4.69) is 25.9 Å². The Labute approximate surface area is 159 Å². The van der Waals surface area contributed by atoms with E-state index in [1.165, 1.54) is 11.3 Å². The summed E-state index contributed by atoms with van der Waals surface area (Å²) in [5, 5.41) is 10.6. The predicted octanol–water partition coefficient (Wildman–Crippen LogP) is 3.38. The van der Waals surface area contributed by atoms with Gasteiger partial charge in [-0.15, -0.1) is 11.3 Å². The molecular weight excluding hydrogens is 364 g/mol. The Hall–Kier alpha value is -3.46. The molecule has 3 aromatic rings. The summed E-state index contributed by atoms with van der Waals surface area (Å²) in [5.74, 6) is 0. The molecule has 1 fully saturated rings. The molecule has 3 N–H and O–H groups in total. The minimum absolute atomic E-state index is 0.110. The van der Waals surface area contributed by atoms with Crippen molar-refractivity contribution in [2.45, 2.75) is 0 Å². The number of urea groups is 2. The molecule has 1 aliphatic rings. The molecule has 0 aliphatic carbocycles. The quantitative estimate of drug-likeness (QED) is 0.646. The van der Waals surface area contributed by atoms with Crippen LogP contribution in [0, 0.1) is 0 Å². The van der Waals surface area contributed by atoms with Crippen molar-refractivity contribution in [1.29, 1.82) is 0 Å². The van der Waals surface area contributed by atoms with Crippen molar-refractivity contribution in [3.05, 3.63) is 54.2 Å². The van der Waals surface area contributed by atoms with E-state index >= 15 is 0 Å². The second-order valence-electron chi connectivity index (χ2n) is 5.79. The molecule has 0 radical (unpaired) electrons. The number of pyridine rings is 1. The van der Waals surface area contributed by atoms with Gasteiger partial charge in [0.15, 0.2) is 5.13 Å². The Balaban J connectivity index is 1.37. The highest BCUT2D eigenvalue weighted by molar-refractivity contribution is 7.14. The molecule has 9 heteroatoms. The lowest BCUT2D eigenvalue weighted by atomic mass is 10.2. The highest BCUT2D eigenvalue weighted by atomic mass is 32.1. The summed E-state index contributed by atoms with van der Waals surface area (Å²) < 4.78 is 0. The molecule has 0 atom stereocenters. The van der Waals surface area contributed by atoms with Crippen LogP contribution in [0.2, 0.25) is 0 Å². The van der Waals surface area contributed by atoms with Gasteiger partial charge in [0.2, 0.25) is 0 Å². The van der Waals surface area contributed by atoms with Crippen molar-refractivity contribution >= 4 is 39.9 Å². The Morgan fingerprint density at radius 3 is 2.74 bits per heavy atom. The maximum absolute atomic E-state index is 12.2. The molecule has 4 amide bonds. The molecule has 0 spiro atoms. The van der Waals surface area contributed by atoms with Crippen LogP contribution in [0.25, 0.3) is 11.3 Å². The minimum Gasteiger partial charge on any atom is -0.336 e. The molecular formula is C18H16N6O2S. The standard InChI is InChI=1S/C18H16N6O2S/c25-16(23-17-22-15(11-27-17)12-2-1-7-19-10-12)21-13-3-5-14(6-4-13)24-9-8-20-18(24)26/h1-7,10-11H,8-9H2,(H,20,26)(H2,21,22,23,25). The van der Waals surface area contributed by atoms with E-state index in [1.807, 2.05) is 17.5 Å². The van der Waals surface area contributed by atoms with Crippen molar-refractivity contribution in [2.24, 2.45) is 0 Å². The first-order valence-electron chi connectivity index (χ1n) is 8.28. The average molecular weight is 380 g/mol. The number of rotatable bonds is 4. The van der Waals surface area contributed by atoms with E-state index in [9.17, 15) is 9.59 Å². The number of carbonyl (C=O) groups is 2. The second-order valence-corrected chi connectivity index (χ2v) is 6.65. The van der Waals surface area contributed by atoms with Gasteiger partial charge in [0, 0.05) is 47.8 Å². The molecule has 2 aromatic heterocycles. The molecule has 1 aromatic carbocycles. The Kier molecular flexibility index (Phi) is 4.67. The topological polar surface area (TPSA) is 99.2 Å². The van der Waals surface area contributed by atoms with Gasteiger partial charge in [0.1, 0.15) is 0 Å². The van der Waals surface area contributed by atoms with Gasteiger partial charge in [0.05, 0.1) is 5.69 Å². The Morgan fingerprint density at radius 1 is 1.19 bits per heavy atom. The summed E-state index contributed by atoms with van der Waals surface area (Å²) in [6.07, 6.45) is 3.42. The highest BCUT2D eigenvalue weighted by Crippen LogP contribution is 2.24. The number of hydrogen-bond donors (Lipinski definition) is 3. The molecule has 3 heterocycles. The van der Waals surface area contributed by atoms with E-state index in [1.54, 1.807) is 41.6 Å². The molecule has 4 rings (SSSR count). The van der Waals surface area contributed by atoms with Gasteiger partial charge < -0.3 is 10.6 Å². The third-order valence-corrected chi connectivity index (χ3v) is 4.73. The first kappa shape index (κ1) is 17.0. The summed E-state index contributed by atoms with van der Waals surface area (Å²) in [7, 11) is 0. The van der Waals surface area contributed by atoms with Crippen molar-refractivity contribution < 1.29 is 9.59 Å². The van der Waals surface area contributed by atoms with Crippen LogP contribution in [-0.4, -0.2) is 35.1 Å². The SMILES string of the molecule is O=C(Nc1ccc(N2CCNC2=O)cc1)Nc1nc(-c2cccnc2)cs1. The largest absolute Gasteiger partial charge is 0.336 e. The Bertz CT molecular complexity index is 957. The van der Waals surface area contributed by atoms with Gasteiger partial charge in [0.25, 0.3) is 0 Å².